The summed E-state index contributed by atoms with van der Waals surface area (Å²) in [6, 6.07) is 3.93. The number of carbonyl (C=O) groups excluding carboxylic acids is 1. The zero-order valence-corrected chi connectivity index (χ0v) is 9.03. The highest BCUT2D eigenvalue weighted by atomic mass is 35.5. The van der Waals surface area contributed by atoms with Gasteiger partial charge in [-0.25, -0.2) is 0 Å². The molecule has 0 atom stereocenters. The number of ketones is 1. The third-order valence-electron chi connectivity index (χ3n) is 2.93. The molecule has 0 radical (unpaired) electrons. The number of benzene rings is 1. The van der Waals surface area contributed by atoms with Crippen molar-refractivity contribution in [1.29, 1.82) is 0 Å². The van der Waals surface area contributed by atoms with Crippen LogP contribution in [0.15, 0.2) is 12.1 Å². The van der Waals surface area contributed by atoms with Crippen LogP contribution in [0.4, 0.5) is 0 Å². The Morgan fingerprint density at radius 3 is 2.79 bits per heavy atom. The quantitative estimate of drug-likeness (QED) is 0.683. The van der Waals surface area contributed by atoms with Crippen LogP contribution in [0.3, 0.4) is 0 Å². The fourth-order valence-corrected chi connectivity index (χ4v) is 2.48. The van der Waals surface area contributed by atoms with Crippen molar-refractivity contribution < 1.29 is 4.79 Å². The highest BCUT2D eigenvalue weighted by molar-refractivity contribution is 6.17. The molecule has 2 rings (SSSR count). The minimum atomic E-state index is 0.288. The molecule has 0 saturated heterocycles. The highest BCUT2D eigenvalue weighted by Crippen LogP contribution is 2.28. The normalized spacial score (nSPS) is 14.6. The van der Waals surface area contributed by atoms with Crippen LogP contribution in [0.1, 0.15) is 40.4 Å². The van der Waals surface area contributed by atoms with Crippen molar-refractivity contribution in [2.75, 3.05) is 0 Å². The lowest BCUT2D eigenvalue weighted by Crippen LogP contribution is -1.98. The van der Waals surface area contributed by atoms with Gasteiger partial charge in [-0.3, -0.25) is 4.79 Å². The Labute approximate surface area is 89.1 Å². The molecule has 2 heteroatoms. The second-order valence-electron chi connectivity index (χ2n) is 3.64. The molecule has 0 spiro atoms. The molecule has 1 aromatic carbocycles. The van der Waals surface area contributed by atoms with Crippen molar-refractivity contribution in [3.8, 4) is 0 Å². The maximum Gasteiger partial charge on any atom is 0.163 e. The van der Waals surface area contributed by atoms with Crippen LogP contribution in [0, 0.1) is 0 Å². The minimum Gasteiger partial charge on any atom is -0.294 e. The smallest absolute Gasteiger partial charge is 0.163 e. The lowest BCUT2D eigenvalue weighted by atomic mass is 9.96. The number of halogens is 1. The van der Waals surface area contributed by atoms with Gasteiger partial charge in [-0.1, -0.05) is 19.1 Å². The largest absolute Gasteiger partial charge is 0.294 e. The molecule has 0 bridgehead atoms. The molecule has 1 nitrogen and oxygen atoms in total. The van der Waals surface area contributed by atoms with E-state index in [0.717, 1.165) is 18.4 Å². The summed E-state index contributed by atoms with van der Waals surface area (Å²) in [6.07, 6.45) is 2.55. The van der Waals surface area contributed by atoms with Crippen LogP contribution in [0.25, 0.3) is 0 Å². The maximum atomic E-state index is 11.5. The number of Topliss-reactive ketones (excluding diaryl/α,β-unsaturated/α-hetero) is 1. The first kappa shape index (κ1) is 9.72. The average Bonchev–Trinajstić information content (AvgIpc) is 2.59. The molecule has 0 saturated carbocycles. The van der Waals surface area contributed by atoms with Crippen molar-refractivity contribution in [2.45, 2.75) is 32.1 Å². The fourth-order valence-electron chi connectivity index (χ4n) is 2.23. The molecule has 0 aromatic heterocycles. The van der Waals surface area contributed by atoms with Crippen LogP contribution in [-0.4, -0.2) is 5.78 Å². The zero-order valence-electron chi connectivity index (χ0n) is 8.27. The van der Waals surface area contributed by atoms with E-state index >= 15 is 0 Å². The first-order valence-corrected chi connectivity index (χ1v) is 5.54. The van der Waals surface area contributed by atoms with Gasteiger partial charge in [0.15, 0.2) is 5.78 Å². The molecule has 74 valence electrons. The standard InChI is InChI=1S/C12H13ClO/c1-2-9-8(7-13)3-4-11-10(9)5-6-12(11)14/h3-4H,2,5-7H2,1H3. The van der Waals surface area contributed by atoms with E-state index in [4.69, 9.17) is 11.6 Å². The highest BCUT2D eigenvalue weighted by Gasteiger charge is 2.22. The first-order chi connectivity index (χ1) is 6.77. The van der Waals surface area contributed by atoms with Gasteiger partial charge in [0, 0.05) is 17.9 Å². The number of alkyl halides is 1. The topological polar surface area (TPSA) is 17.1 Å². The third-order valence-corrected chi connectivity index (χ3v) is 3.22. The first-order valence-electron chi connectivity index (χ1n) is 5.00. The second-order valence-corrected chi connectivity index (χ2v) is 3.91. The lowest BCUT2D eigenvalue weighted by Gasteiger charge is -2.10. The molecular formula is C12H13ClO. The van der Waals surface area contributed by atoms with E-state index in [1.807, 2.05) is 12.1 Å². The summed E-state index contributed by atoms with van der Waals surface area (Å²) >= 11 is 5.86. The van der Waals surface area contributed by atoms with E-state index < -0.39 is 0 Å². The maximum absolute atomic E-state index is 11.5. The number of carbonyl (C=O) groups is 1. The molecule has 1 aliphatic carbocycles. The summed E-state index contributed by atoms with van der Waals surface area (Å²) in [5.74, 6) is 0.834. The van der Waals surface area contributed by atoms with Crippen molar-refractivity contribution in [3.05, 3.63) is 34.4 Å². The predicted molar refractivity (Wildman–Crippen MR) is 58.0 cm³/mol. The molecule has 0 amide bonds. The lowest BCUT2D eigenvalue weighted by molar-refractivity contribution is 0.0994. The monoisotopic (exact) mass is 208 g/mol. The van der Waals surface area contributed by atoms with E-state index in [-0.39, 0.29) is 5.78 Å². The molecule has 0 fully saturated rings. The average molecular weight is 209 g/mol. The molecule has 0 unspecified atom stereocenters. The molecule has 0 heterocycles. The van der Waals surface area contributed by atoms with Gasteiger partial charge < -0.3 is 0 Å². The van der Waals surface area contributed by atoms with Gasteiger partial charge in [0.2, 0.25) is 0 Å². The molecule has 1 aromatic rings. The van der Waals surface area contributed by atoms with E-state index in [2.05, 4.69) is 6.92 Å². The minimum absolute atomic E-state index is 0.288. The van der Waals surface area contributed by atoms with Crippen LogP contribution in [0.5, 0.6) is 0 Å². The molecular weight excluding hydrogens is 196 g/mol. The van der Waals surface area contributed by atoms with Crippen molar-refractivity contribution in [3.63, 3.8) is 0 Å². The van der Waals surface area contributed by atoms with Gasteiger partial charge in [-0.15, -0.1) is 11.6 Å². The van der Waals surface area contributed by atoms with E-state index in [1.54, 1.807) is 0 Å². The van der Waals surface area contributed by atoms with Crippen LogP contribution in [0.2, 0.25) is 0 Å². The van der Waals surface area contributed by atoms with Gasteiger partial charge in [0.1, 0.15) is 0 Å². The summed E-state index contributed by atoms with van der Waals surface area (Å²) in [4.78, 5) is 11.5. The summed E-state index contributed by atoms with van der Waals surface area (Å²) in [5.41, 5.74) is 4.65. The number of fused-ring (bicyclic) bond motifs is 1. The number of hydrogen-bond acceptors (Lipinski definition) is 1. The van der Waals surface area contributed by atoms with Crippen LogP contribution < -0.4 is 0 Å². The van der Waals surface area contributed by atoms with E-state index in [0.29, 0.717) is 12.3 Å². The van der Waals surface area contributed by atoms with Gasteiger partial charge >= 0.3 is 0 Å². The summed E-state index contributed by atoms with van der Waals surface area (Å²) in [6.45, 7) is 2.12. The second kappa shape index (κ2) is 3.74. The summed E-state index contributed by atoms with van der Waals surface area (Å²) in [5, 5.41) is 0. The zero-order chi connectivity index (χ0) is 10.1. The SMILES string of the molecule is CCc1c(CCl)ccc2c1CCC2=O. The van der Waals surface area contributed by atoms with E-state index in [9.17, 15) is 4.79 Å². The predicted octanol–water partition coefficient (Wildman–Crippen LogP) is 3.12. The Morgan fingerprint density at radius 1 is 1.36 bits per heavy atom. The van der Waals surface area contributed by atoms with Crippen LogP contribution >= 0.6 is 11.6 Å². The summed E-state index contributed by atoms with van der Waals surface area (Å²) in [7, 11) is 0. The number of rotatable bonds is 2. The van der Waals surface area contributed by atoms with E-state index in [1.165, 1.54) is 16.7 Å². The van der Waals surface area contributed by atoms with Gasteiger partial charge in [0.25, 0.3) is 0 Å². The molecule has 0 N–H and O–H groups in total. The Balaban J connectivity index is 2.59. The van der Waals surface area contributed by atoms with Gasteiger partial charge in [-0.05, 0) is 29.5 Å². The van der Waals surface area contributed by atoms with Gasteiger partial charge in [-0.2, -0.15) is 0 Å². The Hall–Kier alpha value is -0.820. The van der Waals surface area contributed by atoms with Crippen molar-refractivity contribution in [1.82, 2.24) is 0 Å². The molecule has 1 aliphatic rings. The number of hydrogen-bond donors (Lipinski definition) is 0. The Kier molecular flexibility index (Phi) is 2.60. The Bertz CT molecular complexity index is 382. The third kappa shape index (κ3) is 1.36. The fraction of sp³-hybridized carbons (Fsp3) is 0.417. The summed E-state index contributed by atoms with van der Waals surface area (Å²) < 4.78 is 0. The Morgan fingerprint density at radius 2 is 2.14 bits per heavy atom. The molecule has 14 heavy (non-hydrogen) atoms. The molecule has 0 aliphatic heterocycles. The van der Waals surface area contributed by atoms with Crippen LogP contribution in [-0.2, 0) is 18.7 Å². The van der Waals surface area contributed by atoms with Crippen molar-refractivity contribution in [2.24, 2.45) is 0 Å². The van der Waals surface area contributed by atoms with Crippen molar-refractivity contribution >= 4 is 17.4 Å². The van der Waals surface area contributed by atoms with Gasteiger partial charge in [0.05, 0.1) is 0 Å².